The summed E-state index contributed by atoms with van der Waals surface area (Å²) in [7, 11) is 0. The van der Waals surface area contributed by atoms with Gasteiger partial charge in [0, 0.05) is 0 Å². The van der Waals surface area contributed by atoms with E-state index in [2.05, 4.69) is 98.3 Å². The number of rotatable bonds is 15. The molecule has 0 saturated carbocycles. The molecule has 0 amide bonds. The Hall–Kier alpha value is -1.56. The van der Waals surface area contributed by atoms with E-state index in [1.807, 2.05) is 0 Å². The van der Waals surface area contributed by atoms with Gasteiger partial charge in [0.1, 0.15) is 0 Å². The van der Waals surface area contributed by atoms with E-state index in [1.165, 1.54) is 65.5 Å². The van der Waals surface area contributed by atoms with Crippen LogP contribution >= 0.6 is 0 Å². The lowest BCUT2D eigenvalue weighted by atomic mass is 10.0. The Morgan fingerprint density at radius 3 is 1.23 bits per heavy atom. The van der Waals surface area contributed by atoms with Gasteiger partial charge in [-0.3, -0.25) is 0 Å². The van der Waals surface area contributed by atoms with E-state index in [1.54, 1.807) is 0 Å². The SMILES string of the molecule is CC(C)=CCCC(C)=CCCC(C)=C[CH]CC=C(C)CCC=C(C)CCC=C(C)C. The lowest BCUT2D eigenvalue weighted by Crippen LogP contribution is -1.82. The first-order valence-corrected chi connectivity index (χ1v) is 11.9. The van der Waals surface area contributed by atoms with Gasteiger partial charge in [0.2, 0.25) is 0 Å². The van der Waals surface area contributed by atoms with E-state index in [9.17, 15) is 0 Å². The zero-order valence-corrected chi connectivity index (χ0v) is 21.4. The highest BCUT2D eigenvalue weighted by atomic mass is 14.0. The molecule has 0 atom stereocenters. The maximum atomic E-state index is 2.42. The summed E-state index contributed by atoms with van der Waals surface area (Å²) in [5.74, 6) is 0. The average molecular weight is 410 g/mol. The van der Waals surface area contributed by atoms with Gasteiger partial charge < -0.3 is 0 Å². The minimum absolute atomic E-state index is 1.05. The normalized spacial score (nSPS) is 13.5. The van der Waals surface area contributed by atoms with Gasteiger partial charge in [-0.25, -0.2) is 0 Å². The fourth-order valence-electron chi connectivity index (χ4n) is 3.20. The fraction of sp³-hybridized carbons (Fsp3) is 0.567. The van der Waals surface area contributed by atoms with Crippen LogP contribution < -0.4 is 0 Å². The Labute approximate surface area is 189 Å². The second-order valence-corrected chi connectivity index (χ2v) is 9.35. The zero-order chi connectivity index (χ0) is 22.8. The third-order valence-electron chi connectivity index (χ3n) is 5.25. The maximum Gasteiger partial charge on any atom is -0.0130 e. The van der Waals surface area contributed by atoms with Crippen LogP contribution in [0.1, 0.15) is 113 Å². The fourth-order valence-corrected chi connectivity index (χ4v) is 3.20. The van der Waals surface area contributed by atoms with Crippen molar-refractivity contribution < 1.29 is 0 Å². The molecular formula is C30H49. The van der Waals surface area contributed by atoms with Crippen LogP contribution in [0.5, 0.6) is 0 Å². The van der Waals surface area contributed by atoms with Crippen LogP contribution in [0.2, 0.25) is 0 Å². The Bertz CT molecular complexity index is 578. The zero-order valence-electron chi connectivity index (χ0n) is 21.4. The van der Waals surface area contributed by atoms with Crippen molar-refractivity contribution in [1.29, 1.82) is 0 Å². The van der Waals surface area contributed by atoms with Crippen LogP contribution in [0.4, 0.5) is 0 Å². The predicted octanol–water partition coefficient (Wildman–Crippen LogP) is 10.4. The molecule has 0 aliphatic rings. The van der Waals surface area contributed by atoms with Gasteiger partial charge in [-0.15, -0.1) is 0 Å². The predicted molar refractivity (Wildman–Crippen MR) is 140 cm³/mol. The molecule has 0 heterocycles. The second-order valence-electron chi connectivity index (χ2n) is 9.35. The quantitative estimate of drug-likeness (QED) is 0.186. The average Bonchev–Trinajstić information content (AvgIpc) is 2.64. The van der Waals surface area contributed by atoms with Crippen molar-refractivity contribution in [3.63, 3.8) is 0 Å². The number of unbranched alkanes of at least 4 members (excludes halogenated alkanes) is 1. The molecule has 30 heavy (non-hydrogen) atoms. The Morgan fingerprint density at radius 1 is 0.433 bits per heavy atom. The first-order chi connectivity index (χ1) is 14.2. The molecule has 0 N–H and O–H groups in total. The van der Waals surface area contributed by atoms with Crippen molar-refractivity contribution >= 4 is 0 Å². The van der Waals surface area contributed by atoms with E-state index >= 15 is 0 Å². The minimum Gasteiger partial charge on any atom is -0.0856 e. The van der Waals surface area contributed by atoms with E-state index in [0.717, 1.165) is 25.7 Å². The monoisotopic (exact) mass is 409 g/mol. The number of hydrogen-bond donors (Lipinski definition) is 0. The Morgan fingerprint density at radius 2 is 0.800 bits per heavy atom. The Balaban J connectivity index is 4.05. The summed E-state index contributed by atoms with van der Waals surface area (Å²) in [6.45, 7) is 17.7. The van der Waals surface area contributed by atoms with Gasteiger partial charge in [-0.05, 0) is 120 Å². The summed E-state index contributed by atoms with van der Waals surface area (Å²) in [5, 5.41) is 0. The molecule has 0 aromatic heterocycles. The highest BCUT2D eigenvalue weighted by Gasteiger charge is 1.94. The molecule has 0 aliphatic heterocycles. The van der Waals surface area contributed by atoms with Gasteiger partial charge >= 0.3 is 0 Å². The van der Waals surface area contributed by atoms with Crippen LogP contribution in [-0.4, -0.2) is 0 Å². The second kappa shape index (κ2) is 18.2. The molecule has 169 valence electrons. The highest BCUT2D eigenvalue weighted by molar-refractivity contribution is 5.12. The van der Waals surface area contributed by atoms with Gasteiger partial charge in [0.25, 0.3) is 0 Å². The van der Waals surface area contributed by atoms with Crippen molar-refractivity contribution in [3.8, 4) is 0 Å². The molecule has 0 saturated heterocycles. The smallest absolute Gasteiger partial charge is 0.0130 e. The van der Waals surface area contributed by atoms with E-state index in [0.29, 0.717) is 0 Å². The molecule has 0 bridgehead atoms. The summed E-state index contributed by atoms with van der Waals surface area (Å²) in [4.78, 5) is 0. The molecule has 0 nitrogen and oxygen atoms in total. The van der Waals surface area contributed by atoms with Crippen LogP contribution in [0, 0.1) is 6.42 Å². The van der Waals surface area contributed by atoms with Crippen molar-refractivity contribution in [2.24, 2.45) is 0 Å². The number of hydrogen-bond acceptors (Lipinski definition) is 0. The molecule has 0 heteroatoms. The third kappa shape index (κ3) is 19.7. The molecule has 0 aliphatic carbocycles. The van der Waals surface area contributed by atoms with Crippen LogP contribution in [-0.2, 0) is 0 Å². The Kier molecular flexibility index (Phi) is 17.3. The van der Waals surface area contributed by atoms with Crippen LogP contribution in [0.3, 0.4) is 0 Å². The van der Waals surface area contributed by atoms with Gasteiger partial charge in [-0.2, -0.15) is 0 Å². The van der Waals surface area contributed by atoms with E-state index in [4.69, 9.17) is 0 Å². The molecule has 0 aromatic carbocycles. The molecule has 1 radical (unpaired) electrons. The van der Waals surface area contributed by atoms with E-state index < -0.39 is 0 Å². The van der Waals surface area contributed by atoms with Gasteiger partial charge in [0.15, 0.2) is 0 Å². The lowest BCUT2D eigenvalue weighted by molar-refractivity contribution is 0.912. The summed E-state index contributed by atoms with van der Waals surface area (Å²) in [6, 6.07) is 0. The first kappa shape index (κ1) is 28.4. The number of allylic oxidation sites excluding steroid dienone is 12. The molecule has 0 unspecified atom stereocenters. The van der Waals surface area contributed by atoms with Gasteiger partial charge in [0.05, 0.1) is 0 Å². The van der Waals surface area contributed by atoms with Crippen molar-refractivity contribution in [3.05, 3.63) is 76.3 Å². The highest BCUT2D eigenvalue weighted by Crippen LogP contribution is 2.14. The molecule has 0 rings (SSSR count). The summed E-state index contributed by atoms with van der Waals surface area (Å²) < 4.78 is 0. The lowest BCUT2D eigenvalue weighted by Gasteiger charge is -2.02. The van der Waals surface area contributed by atoms with Crippen LogP contribution in [0.15, 0.2) is 69.9 Å². The van der Waals surface area contributed by atoms with Gasteiger partial charge in [-0.1, -0.05) is 69.9 Å². The van der Waals surface area contributed by atoms with Crippen LogP contribution in [0.25, 0.3) is 0 Å². The van der Waals surface area contributed by atoms with Crippen molar-refractivity contribution in [2.45, 2.75) is 113 Å². The first-order valence-electron chi connectivity index (χ1n) is 11.9. The van der Waals surface area contributed by atoms with E-state index in [-0.39, 0.29) is 0 Å². The molecular weight excluding hydrogens is 360 g/mol. The largest absolute Gasteiger partial charge is 0.0856 e. The molecule has 0 fully saturated rings. The summed E-state index contributed by atoms with van der Waals surface area (Å²) >= 11 is 0. The maximum absolute atomic E-state index is 2.42. The molecule has 0 aromatic rings. The minimum atomic E-state index is 1.05. The summed E-state index contributed by atoms with van der Waals surface area (Å²) in [6.07, 6.45) is 26.9. The molecule has 0 spiro atoms. The van der Waals surface area contributed by atoms with Crippen molar-refractivity contribution in [1.82, 2.24) is 0 Å². The topological polar surface area (TPSA) is 0 Å². The van der Waals surface area contributed by atoms with Crippen molar-refractivity contribution in [2.75, 3.05) is 0 Å². The standard InChI is InChI=1S/C30H49/c1-25(2)15-11-19-29(7)23-13-21-27(5)17-9-10-18-28(6)22-14-24-30(8)20-12-16-26(3)4/h9,15-18,23-24H,10-14,19-22H2,1-8H3. The summed E-state index contributed by atoms with van der Waals surface area (Å²) in [5.41, 5.74) is 8.85. The third-order valence-corrected chi connectivity index (χ3v) is 5.25.